The SMILES string of the molecule is Cc1ccc(O[C@@H]2[C@@H](O)[C@@H](O)[C@@H](CO)O[C@H]2S)cc1. The Bertz CT molecular complexity index is 410. The molecule has 1 aliphatic rings. The number of aliphatic hydroxyl groups is 3. The van der Waals surface area contributed by atoms with Crippen molar-refractivity contribution in [3.05, 3.63) is 29.8 Å². The zero-order valence-corrected chi connectivity index (χ0v) is 11.4. The molecule has 0 spiro atoms. The molecule has 1 fully saturated rings. The first-order valence-corrected chi connectivity index (χ1v) is 6.58. The van der Waals surface area contributed by atoms with Crippen LogP contribution in [0.2, 0.25) is 0 Å². The second-order valence-corrected chi connectivity index (χ2v) is 5.13. The third-order valence-corrected chi connectivity index (χ3v) is 3.55. The summed E-state index contributed by atoms with van der Waals surface area (Å²) in [4.78, 5) is 0. The average molecular weight is 286 g/mol. The number of benzene rings is 1. The van der Waals surface area contributed by atoms with Crippen LogP contribution in [-0.4, -0.2) is 51.8 Å². The highest BCUT2D eigenvalue weighted by atomic mass is 32.1. The van der Waals surface area contributed by atoms with Crippen molar-refractivity contribution >= 4 is 12.6 Å². The van der Waals surface area contributed by atoms with Crippen molar-refractivity contribution in [2.45, 2.75) is 36.8 Å². The minimum Gasteiger partial charge on any atom is -0.484 e. The fourth-order valence-corrected chi connectivity index (χ4v) is 2.37. The molecule has 1 heterocycles. The fourth-order valence-electron chi connectivity index (χ4n) is 1.97. The minimum absolute atomic E-state index is 0.382. The van der Waals surface area contributed by atoms with E-state index >= 15 is 0 Å². The summed E-state index contributed by atoms with van der Waals surface area (Å²) in [6.45, 7) is 1.58. The summed E-state index contributed by atoms with van der Waals surface area (Å²) in [6.07, 6.45) is -4.03. The van der Waals surface area contributed by atoms with Crippen molar-refractivity contribution < 1.29 is 24.8 Å². The van der Waals surface area contributed by atoms with Gasteiger partial charge in [-0.05, 0) is 19.1 Å². The second-order valence-electron chi connectivity index (χ2n) is 4.62. The van der Waals surface area contributed by atoms with Crippen LogP contribution in [-0.2, 0) is 4.74 Å². The van der Waals surface area contributed by atoms with Crippen LogP contribution in [0.4, 0.5) is 0 Å². The molecule has 1 saturated heterocycles. The van der Waals surface area contributed by atoms with E-state index in [0.29, 0.717) is 5.75 Å². The van der Waals surface area contributed by atoms with Crippen molar-refractivity contribution in [1.29, 1.82) is 0 Å². The summed E-state index contributed by atoms with van der Waals surface area (Å²) in [7, 11) is 0. The number of rotatable bonds is 3. The van der Waals surface area contributed by atoms with E-state index in [1.54, 1.807) is 12.1 Å². The van der Waals surface area contributed by atoms with E-state index in [2.05, 4.69) is 12.6 Å². The summed E-state index contributed by atoms with van der Waals surface area (Å²) in [6, 6.07) is 7.30. The number of ether oxygens (including phenoxy) is 2. The third kappa shape index (κ3) is 3.21. The van der Waals surface area contributed by atoms with Crippen molar-refractivity contribution in [3.8, 4) is 5.75 Å². The van der Waals surface area contributed by atoms with Crippen LogP contribution in [0.25, 0.3) is 0 Å². The van der Waals surface area contributed by atoms with E-state index in [9.17, 15) is 10.2 Å². The Morgan fingerprint density at radius 1 is 1.21 bits per heavy atom. The fraction of sp³-hybridized carbons (Fsp3) is 0.538. The molecule has 3 N–H and O–H groups in total. The molecule has 0 unspecified atom stereocenters. The van der Waals surface area contributed by atoms with Crippen LogP contribution in [0.3, 0.4) is 0 Å². The van der Waals surface area contributed by atoms with Crippen LogP contribution in [0.1, 0.15) is 5.56 Å². The Morgan fingerprint density at radius 2 is 1.84 bits per heavy atom. The van der Waals surface area contributed by atoms with Gasteiger partial charge in [-0.2, -0.15) is 0 Å². The summed E-state index contributed by atoms with van der Waals surface area (Å²) in [5.74, 6) is 0.562. The molecule has 5 atom stereocenters. The lowest BCUT2D eigenvalue weighted by molar-refractivity contribution is -0.198. The zero-order valence-electron chi connectivity index (χ0n) is 10.5. The molecular formula is C13H18O5S. The van der Waals surface area contributed by atoms with Crippen LogP contribution in [0, 0.1) is 6.92 Å². The highest BCUT2D eigenvalue weighted by Crippen LogP contribution is 2.27. The second kappa shape index (κ2) is 6.11. The van der Waals surface area contributed by atoms with Gasteiger partial charge in [-0.1, -0.05) is 17.7 Å². The molecule has 0 radical (unpaired) electrons. The topological polar surface area (TPSA) is 79.2 Å². The van der Waals surface area contributed by atoms with Gasteiger partial charge >= 0.3 is 0 Å². The van der Waals surface area contributed by atoms with Crippen molar-refractivity contribution in [2.75, 3.05) is 6.61 Å². The monoisotopic (exact) mass is 286 g/mol. The predicted octanol–water partition coefficient (Wildman–Crippen LogP) is 0.111. The maximum absolute atomic E-state index is 10.0. The zero-order chi connectivity index (χ0) is 14.0. The van der Waals surface area contributed by atoms with Gasteiger partial charge in [0.15, 0.2) is 6.10 Å². The Kier molecular flexibility index (Phi) is 4.70. The highest BCUT2D eigenvalue weighted by Gasteiger charge is 2.44. The molecule has 106 valence electrons. The van der Waals surface area contributed by atoms with Crippen LogP contribution in [0.15, 0.2) is 24.3 Å². The minimum atomic E-state index is -1.20. The van der Waals surface area contributed by atoms with E-state index in [0.717, 1.165) is 5.56 Å². The van der Waals surface area contributed by atoms with E-state index in [4.69, 9.17) is 14.6 Å². The van der Waals surface area contributed by atoms with Gasteiger partial charge < -0.3 is 24.8 Å². The first-order chi connectivity index (χ1) is 9.02. The Hall–Kier alpha value is -0.790. The van der Waals surface area contributed by atoms with E-state index < -0.39 is 29.9 Å². The molecular weight excluding hydrogens is 268 g/mol. The smallest absolute Gasteiger partial charge is 0.162 e. The van der Waals surface area contributed by atoms with E-state index in [1.165, 1.54) is 0 Å². The Balaban J connectivity index is 2.09. The highest BCUT2D eigenvalue weighted by molar-refractivity contribution is 7.80. The summed E-state index contributed by atoms with van der Waals surface area (Å²) in [5, 5.41) is 28.8. The first kappa shape index (κ1) is 14.6. The Morgan fingerprint density at radius 3 is 2.42 bits per heavy atom. The van der Waals surface area contributed by atoms with Gasteiger partial charge in [-0.25, -0.2) is 0 Å². The largest absolute Gasteiger partial charge is 0.484 e. The standard InChI is InChI=1S/C13H18O5S/c1-7-2-4-8(5-3-7)17-12-11(16)10(15)9(6-14)18-13(12)19/h2-5,9-16,19H,6H2,1H3/t9-,10+,11+,12-,13+/m1/s1. The lowest BCUT2D eigenvalue weighted by Gasteiger charge is -2.40. The molecule has 1 aromatic carbocycles. The van der Waals surface area contributed by atoms with Gasteiger partial charge in [0.1, 0.15) is 29.5 Å². The van der Waals surface area contributed by atoms with E-state index in [-0.39, 0.29) is 6.61 Å². The van der Waals surface area contributed by atoms with Gasteiger partial charge in [0.25, 0.3) is 0 Å². The number of aliphatic hydroxyl groups excluding tert-OH is 3. The molecule has 19 heavy (non-hydrogen) atoms. The molecule has 5 nitrogen and oxygen atoms in total. The van der Waals surface area contributed by atoms with Crippen molar-refractivity contribution in [3.63, 3.8) is 0 Å². The van der Waals surface area contributed by atoms with Crippen molar-refractivity contribution in [1.82, 2.24) is 0 Å². The number of hydrogen-bond donors (Lipinski definition) is 4. The molecule has 0 bridgehead atoms. The molecule has 6 heteroatoms. The van der Waals surface area contributed by atoms with Crippen LogP contribution < -0.4 is 4.74 Å². The summed E-state index contributed by atoms with van der Waals surface area (Å²) >= 11 is 4.19. The molecule has 0 saturated carbocycles. The normalized spacial score (nSPS) is 35.1. The average Bonchev–Trinajstić information content (AvgIpc) is 2.41. The molecule has 1 aromatic rings. The third-order valence-electron chi connectivity index (χ3n) is 3.14. The molecule has 0 aliphatic carbocycles. The molecule has 0 amide bonds. The van der Waals surface area contributed by atoms with Crippen molar-refractivity contribution in [2.24, 2.45) is 0 Å². The number of aryl methyl sites for hydroxylation is 1. The predicted molar refractivity (Wildman–Crippen MR) is 72.3 cm³/mol. The van der Waals surface area contributed by atoms with Crippen LogP contribution >= 0.6 is 12.6 Å². The number of thiol groups is 1. The lowest BCUT2D eigenvalue weighted by atomic mass is 10.00. The maximum atomic E-state index is 10.0. The first-order valence-electron chi connectivity index (χ1n) is 6.07. The molecule has 2 rings (SSSR count). The quantitative estimate of drug-likeness (QED) is 0.593. The van der Waals surface area contributed by atoms with Crippen LogP contribution in [0.5, 0.6) is 5.75 Å². The van der Waals surface area contributed by atoms with Gasteiger partial charge in [0.2, 0.25) is 0 Å². The maximum Gasteiger partial charge on any atom is 0.162 e. The molecule has 0 aromatic heterocycles. The van der Waals surface area contributed by atoms with Gasteiger partial charge in [-0.15, -0.1) is 12.6 Å². The molecule has 1 aliphatic heterocycles. The van der Waals surface area contributed by atoms with Gasteiger partial charge in [0, 0.05) is 0 Å². The van der Waals surface area contributed by atoms with Gasteiger partial charge in [-0.3, -0.25) is 0 Å². The summed E-state index contributed by atoms with van der Waals surface area (Å²) in [5.41, 5.74) is 0.368. The van der Waals surface area contributed by atoms with Gasteiger partial charge in [0.05, 0.1) is 6.61 Å². The number of hydrogen-bond acceptors (Lipinski definition) is 6. The van der Waals surface area contributed by atoms with E-state index in [1.807, 2.05) is 19.1 Å². The summed E-state index contributed by atoms with van der Waals surface area (Å²) < 4.78 is 10.9. The lowest BCUT2D eigenvalue weighted by Crippen LogP contribution is -2.58. The Labute approximate surface area is 117 Å².